The van der Waals surface area contributed by atoms with Crippen LogP contribution in [0.5, 0.6) is 11.5 Å². The molecule has 0 radical (unpaired) electrons. The maximum atomic E-state index is 11.7. The molecule has 0 saturated carbocycles. The second-order valence-electron chi connectivity index (χ2n) is 6.98. The van der Waals surface area contributed by atoms with Crippen LogP contribution in [0.2, 0.25) is 6.04 Å². The van der Waals surface area contributed by atoms with E-state index < -0.39 is 14.8 Å². The van der Waals surface area contributed by atoms with Crippen LogP contribution in [0.4, 0.5) is 0 Å². The van der Waals surface area contributed by atoms with E-state index in [1.54, 1.807) is 38.5 Å². The van der Waals surface area contributed by atoms with Crippen LogP contribution in [-0.2, 0) is 18.1 Å². The smallest absolute Gasteiger partial charge is 0.497 e. The minimum atomic E-state index is -2.60. The fourth-order valence-electron chi connectivity index (χ4n) is 3.39. The van der Waals surface area contributed by atoms with Gasteiger partial charge in [0.15, 0.2) is 0 Å². The molecule has 0 spiro atoms. The van der Waals surface area contributed by atoms with E-state index >= 15 is 0 Å². The maximum absolute atomic E-state index is 11.7. The van der Waals surface area contributed by atoms with Crippen molar-refractivity contribution >= 4 is 20.8 Å². The Morgan fingerprint density at radius 3 is 2.06 bits per heavy atom. The highest BCUT2D eigenvalue weighted by Gasteiger charge is 2.39. The summed E-state index contributed by atoms with van der Waals surface area (Å²) in [6.45, 7) is 7.59. The number of hydrogen-bond donors (Lipinski definition) is 1. The lowest BCUT2D eigenvalue weighted by Gasteiger charge is -2.28. The van der Waals surface area contributed by atoms with Gasteiger partial charge in [-0.3, -0.25) is 0 Å². The lowest BCUT2D eigenvalue weighted by Crippen LogP contribution is -2.45. The third-order valence-electron chi connectivity index (χ3n) is 4.81. The summed E-state index contributed by atoms with van der Waals surface area (Å²) in [5.74, 6) is 0.353. The molecule has 176 valence electrons. The molecule has 0 aliphatic heterocycles. The Morgan fingerprint density at radius 2 is 1.55 bits per heavy atom. The molecule has 0 amide bonds. The summed E-state index contributed by atoms with van der Waals surface area (Å²) in [7, 11) is 0.545. The molecule has 31 heavy (non-hydrogen) atoms. The largest absolute Gasteiger partial charge is 0.500 e. The van der Waals surface area contributed by atoms with Crippen molar-refractivity contribution in [3.05, 3.63) is 29.3 Å². The number of hydrogen-bond acceptors (Lipinski definition) is 6. The summed E-state index contributed by atoms with van der Waals surface area (Å²) in [6, 6.07) is 6.12. The molecule has 1 aromatic rings. The first-order valence-corrected chi connectivity index (χ1v) is 13.0. The van der Waals surface area contributed by atoms with Gasteiger partial charge < -0.3 is 27.9 Å². The molecule has 0 unspecified atom stereocenters. The Labute approximate surface area is 187 Å². The Bertz CT molecular complexity index is 673. The number of methoxy groups -OCH3 is 2. The van der Waals surface area contributed by atoms with E-state index in [1.165, 1.54) is 0 Å². The maximum Gasteiger partial charge on any atom is 0.500 e. The zero-order valence-corrected chi connectivity index (χ0v) is 20.6. The predicted molar refractivity (Wildman–Crippen MR) is 124 cm³/mol. The third kappa shape index (κ3) is 9.43. The van der Waals surface area contributed by atoms with E-state index in [0.29, 0.717) is 48.9 Å². The van der Waals surface area contributed by atoms with Crippen LogP contribution in [0.3, 0.4) is 0 Å². The van der Waals surface area contributed by atoms with Crippen molar-refractivity contribution in [2.24, 2.45) is 0 Å². The normalized spacial score (nSPS) is 12.1. The number of benzene rings is 1. The van der Waals surface area contributed by atoms with Crippen molar-refractivity contribution < 1.29 is 32.7 Å². The van der Waals surface area contributed by atoms with Gasteiger partial charge in [0.05, 0.1) is 14.2 Å². The molecular weight excluding hydrogens is 416 g/mol. The number of carbonyl (C=O) groups is 1. The molecule has 0 heterocycles. The van der Waals surface area contributed by atoms with E-state index in [0.717, 1.165) is 31.7 Å². The van der Waals surface area contributed by atoms with Crippen LogP contribution in [0.25, 0.3) is 6.08 Å². The van der Waals surface area contributed by atoms with Gasteiger partial charge in [-0.05, 0) is 64.3 Å². The summed E-state index contributed by atoms with van der Waals surface area (Å²) in [5, 5.41) is 9.63. The molecule has 0 fully saturated rings. The molecule has 1 aromatic carbocycles. The van der Waals surface area contributed by atoms with Crippen LogP contribution < -0.4 is 9.47 Å². The molecule has 0 aliphatic carbocycles. The Balaban J connectivity index is 2.64. The van der Waals surface area contributed by atoms with Gasteiger partial charge in [0, 0.05) is 37.0 Å². The Morgan fingerprint density at radius 1 is 0.935 bits per heavy atom. The minimum Gasteiger partial charge on any atom is -0.497 e. The quantitative estimate of drug-likeness (QED) is 0.197. The van der Waals surface area contributed by atoms with Crippen LogP contribution in [0.1, 0.15) is 58.4 Å². The number of carboxylic acids is 1. The zero-order chi connectivity index (χ0) is 23.1. The van der Waals surface area contributed by atoms with E-state index in [4.69, 9.17) is 22.8 Å². The summed E-state index contributed by atoms with van der Waals surface area (Å²) in [5.41, 5.74) is 1.05. The molecule has 0 saturated heterocycles. The molecule has 8 heteroatoms. The van der Waals surface area contributed by atoms with Gasteiger partial charge in [-0.2, -0.15) is 0 Å². The first-order chi connectivity index (χ1) is 14.9. The average Bonchev–Trinajstić information content (AvgIpc) is 2.75. The van der Waals surface area contributed by atoms with Gasteiger partial charge in [0.1, 0.15) is 11.5 Å². The molecule has 0 bridgehead atoms. The van der Waals surface area contributed by atoms with Crippen LogP contribution in [0.15, 0.2) is 23.8 Å². The van der Waals surface area contributed by atoms with Crippen molar-refractivity contribution in [3.8, 4) is 11.5 Å². The SMILES string of the molecule is CCO[Si](CCCCCC/C(=C\c1cc(OC)ccc1OC)C(=O)O)(OCC)OCC. The first-order valence-electron chi connectivity index (χ1n) is 11.0. The topological polar surface area (TPSA) is 83.5 Å². The number of carboxylic acid groups (broad SMARTS) is 1. The molecule has 0 aliphatic rings. The second-order valence-corrected chi connectivity index (χ2v) is 9.71. The molecular formula is C23H38O7Si. The monoisotopic (exact) mass is 454 g/mol. The van der Waals surface area contributed by atoms with Gasteiger partial charge in [-0.25, -0.2) is 4.79 Å². The molecule has 0 atom stereocenters. The van der Waals surface area contributed by atoms with Crippen LogP contribution in [-0.4, -0.2) is 53.9 Å². The van der Waals surface area contributed by atoms with E-state index in [-0.39, 0.29) is 0 Å². The van der Waals surface area contributed by atoms with Gasteiger partial charge in [-0.15, -0.1) is 0 Å². The van der Waals surface area contributed by atoms with Gasteiger partial charge in [-0.1, -0.05) is 12.8 Å². The highest BCUT2D eigenvalue weighted by molar-refractivity contribution is 6.60. The fourth-order valence-corrected chi connectivity index (χ4v) is 6.08. The third-order valence-corrected chi connectivity index (χ3v) is 7.96. The zero-order valence-electron chi connectivity index (χ0n) is 19.6. The summed E-state index contributed by atoms with van der Waals surface area (Å²) >= 11 is 0. The minimum absolute atomic E-state index is 0.355. The summed E-state index contributed by atoms with van der Waals surface area (Å²) in [4.78, 5) is 11.7. The summed E-state index contributed by atoms with van der Waals surface area (Å²) < 4.78 is 28.2. The molecule has 1 rings (SSSR count). The van der Waals surface area contributed by atoms with Crippen molar-refractivity contribution in [1.29, 1.82) is 0 Å². The molecule has 7 nitrogen and oxygen atoms in total. The van der Waals surface area contributed by atoms with Gasteiger partial charge >= 0.3 is 14.8 Å². The van der Waals surface area contributed by atoms with Crippen molar-refractivity contribution in [3.63, 3.8) is 0 Å². The van der Waals surface area contributed by atoms with Gasteiger partial charge in [0.25, 0.3) is 0 Å². The van der Waals surface area contributed by atoms with Gasteiger partial charge in [0.2, 0.25) is 0 Å². The standard InChI is InChI=1S/C23H38O7Si/c1-6-28-31(29-7-2,30-8-3)16-12-10-9-11-13-19(23(24)25)17-20-18-21(26-4)14-15-22(20)27-5/h14-15,17-18H,6-13,16H2,1-5H3,(H,24,25)/b19-17+. The van der Waals surface area contributed by atoms with Crippen LogP contribution >= 0.6 is 0 Å². The van der Waals surface area contributed by atoms with E-state index in [2.05, 4.69) is 0 Å². The van der Waals surface area contributed by atoms with E-state index in [1.807, 2.05) is 20.8 Å². The Kier molecular flexibility index (Phi) is 13.2. The number of ether oxygens (including phenoxy) is 2. The molecule has 0 aromatic heterocycles. The molecule has 1 N–H and O–H groups in total. The van der Waals surface area contributed by atoms with Crippen LogP contribution in [0, 0.1) is 0 Å². The van der Waals surface area contributed by atoms with E-state index in [9.17, 15) is 9.90 Å². The summed E-state index contributed by atoms with van der Waals surface area (Å²) in [6.07, 6.45) is 5.77. The number of unbranched alkanes of at least 4 members (excludes halogenated alkanes) is 3. The van der Waals surface area contributed by atoms with Crippen molar-refractivity contribution in [1.82, 2.24) is 0 Å². The van der Waals surface area contributed by atoms with Crippen molar-refractivity contribution in [2.45, 2.75) is 58.9 Å². The average molecular weight is 455 g/mol. The Hall–Kier alpha value is -1.87. The highest BCUT2D eigenvalue weighted by atomic mass is 28.4. The lowest BCUT2D eigenvalue weighted by atomic mass is 10.0. The predicted octanol–water partition coefficient (Wildman–Crippen LogP) is 5.17. The first kappa shape index (κ1) is 27.2. The number of aliphatic carboxylic acids is 1. The van der Waals surface area contributed by atoms with Crippen molar-refractivity contribution in [2.75, 3.05) is 34.0 Å². The highest BCUT2D eigenvalue weighted by Crippen LogP contribution is 2.27. The number of rotatable bonds is 17. The second kappa shape index (κ2) is 15.0. The fraction of sp³-hybridized carbons (Fsp3) is 0.609. The lowest BCUT2D eigenvalue weighted by molar-refractivity contribution is -0.132.